The van der Waals surface area contributed by atoms with Crippen LogP contribution in [0.3, 0.4) is 0 Å². The summed E-state index contributed by atoms with van der Waals surface area (Å²) in [6, 6.07) is 12.9. The molecule has 3 aromatic rings. The Bertz CT molecular complexity index is 866. The van der Waals surface area contributed by atoms with E-state index >= 15 is 0 Å². The lowest BCUT2D eigenvalue weighted by Gasteiger charge is -2.04. The summed E-state index contributed by atoms with van der Waals surface area (Å²) >= 11 is 7.20. The second kappa shape index (κ2) is 8.78. The highest BCUT2D eigenvalue weighted by Crippen LogP contribution is 2.21. The normalized spacial score (nSPS) is 10.5. The summed E-state index contributed by atoms with van der Waals surface area (Å²) in [4.78, 5) is 21.6. The number of carbonyl (C=O) groups is 1. The number of hydrogen-bond acceptors (Lipinski definition) is 5. The van der Waals surface area contributed by atoms with Gasteiger partial charge in [0.1, 0.15) is 22.2 Å². The van der Waals surface area contributed by atoms with Crippen LogP contribution >= 0.6 is 22.9 Å². The number of hydrogen-bond donors (Lipinski definition) is 1. The lowest BCUT2D eigenvalue weighted by Crippen LogP contribution is -2.25. The fourth-order valence-electron chi connectivity index (χ4n) is 2.33. The van der Waals surface area contributed by atoms with Crippen molar-refractivity contribution in [2.45, 2.75) is 20.0 Å². The lowest BCUT2D eigenvalue weighted by molar-refractivity contribution is 0.0957. The number of ether oxygens (including phenoxy) is 1. The number of thiazole rings is 1. The van der Waals surface area contributed by atoms with Gasteiger partial charge in [0.25, 0.3) is 5.91 Å². The summed E-state index contributed by atoms with van der Waals surface area (Å²) in [5.41, 5.74) is 1.66. The highest BCUT2D eigenvalue weighted by molar-refractivity contribution is 7.13. The largest absolute Gasteiger partial charge is 0.486 e. The fourth-order valence-corrected chi connectivity index (χ4v) is 3.35. The molecule has 0 aliphatic rings. The molecule has 2 aromatic heterocycles. The molecule has 1 aromatic carbocycles. The zero-order chi connectivity index (χ0) is 18.4. The predicted octanol–water partition coefficient (Wildman–Crippen LogP) is 4.05. The van der Waals surface area contributed by atoms with Gasteiger partial charge in [-0.2, -0.15) is 0 Å². The molecule has 0 saturated carbocycles. The molecule has 0 bridgehead atoms. The van der Waals surface area contributed by atoms with Crippen molar-refractivity contribution in [3.05, 3.63) is 75.0 Å². The topological polar surface area (TPSA) is 64.1 Å². The van der Waals surface area contributed by atoms with Crippen LogP contribution in [0, 0.1) is 6.92 Å². The van der Waals surface area contributed by atoms with Crippen molar-refractivity contribution in [3.8, 4) is 5.75 Å². The minimum absolute atomic E-state index is 0.117. The van der Waals surface area contributed by atoms with E-state index in [-0.39, 0.29) is 5.91 Å². The maximum atomic E-state index is 12.4. The molecule has 1 amide bonds. The molecule has 5 nitrogen and oxygen atoms in total. The van der Waals surface area contributed by atoms with Gasteiger partial charge in [-0.3, -0.25) is 9.78 Å². The standard InChI is InChI=1S/C19H18ClN3O2S/c1-13-18(19(24)22-11-9-15-4-2-3-10-21-15)26-17(23-13)12-25-16-7-5-14(20)6-8-16/h2-8,10H,9,11-12H2,1H3,(H,22,24). The van der Waals surface area contributed by atoms with Gasteiger partial charge in [-0.25, -0.2) is 4.98 Å². The van der Waals surface area contributed by atoms with Gasteiger partial charge < -0.3 is 10.1 Å². The van der Waals surface area contributed by atoms with E-state index in [1.54, 1.807) is 30.5 Å². The Morgan fingerprint density at radius 2 is 2.04 bits per heavy atom. The van der Waals surface area contributed by atoms with Gasteiger partial charge in [0, 0.05) is 29.9 Å². The Balaban J connectivity index is 1.53. The summed E-state index contributed by atoms with van der Waals surface area (Å²) in [5.74, 6) is 0.595. The maximum Gasteiger partial charge on any atom is 0.263 e. The first kappa shape index (κ1) is 18.4. The molecule has 0 unspecified atom stereocenters. The summed E-state index contributed by atoms with van der Waals surface area (Å²) < 4.78 is 5.68. The first-order valence-corrected chi connectivity index (χ1v) is 9.34. The first-order valence-electron chi connectivity index (χ1n) is 8.14. The number of rotatable bonds is 7. The van der Waals surface area contributed by atoms with Crippen LogP contribution in [0.15, 0.2) is 48.7 Å². The SMILES string of the molecule is Cc1nc(COc2ccc(Cl)cc2)sc1C(=O)NCCc1ccccn1. The van der Waals surface area contributed by atoms with Crippen molar-refractivity contribution in [1.29, 1.82) is 0 Å². The van der Waals surface area contributed by atoms with E-state index in [0.717, 1.165) is 10.7 Å². The summed E-state index contributed by atoms with van der Waals surface area (Å²) in [5, 5.41) is 4.33. The Morgan fingerprint density at radius 3 is 2.77 bits per heavy atom. The lowest BCUT2D eigenvalue weighted by atomic mass is 10.2. The van der Waals surface area contributed by atoms with Gasteiger partial charge in [0.05, 0.1) is 5.69 Å². The fraction of sp³-hybridized carbons (Fsp3) is 0.211. The number of nitrogens with zero attached hydrogens (tertiary/aromatic N) is 2. The minimum atomic E-state index is -0.117. The van der Waals surface area contributed by atoms with Crippen LogP contribution < -0.4 is 10.1 Å². The predicted molar refractivity (Wildman–Crippen MR) is 103 cm³/mol. The highest BCUT2D eigenvalue weighted by atomic mass is 35.5. The minimum Gasteiger partial charge on any atom is -0.486 e. The molecule has 0 radical (unpaired) electrons. The molecule has 0 spiro atoms. The molecule has 0 aliphatic heterocycles. The van der Waals surface area contributed by atoms with Gasteiger partial charge in [-0.1, -0.05) is 17.7 Å². The maximum absolute atomic E-state index is 12.4. The number of nitrogens with one attached hydrogen (secondary N) is 1. The quantitative estimate of drug-likeness (QED) is 0.664. The van der Waals surface area contributed by atoms with Crippen molar-refractivity contribution < 1.29 is 9.53 Å². The second-order valence-electron chi connectivity index (χ2n) is 5.59. The third-order valence-corrected chi connectivity index (χ3v) is 5.00. The van der Waals surface area contributed by atoms with Crippen LogP contribution in [0.2, 0.25) is 5.02 Å². The van der Waals surface area contributed by atoms with Crippen molar-refractivity contribution in [1.82, 2.24) is 15.3 Å². The number of aryl methyl sites for hydroxylation is 1. The number of carbonyl (C=O) groups excluding carboxylic acids is 1. The van der Waals surface area contributed by atoms with E-state index in [4.69, 9.17) is 16.3 Å². The Morgan fingerprint density at radius 1 is 1.23 bits per heavy atom. The van der Waals surface area contributed by atoms with Crippen molar-refractivity contribution >= 4 is 28.8 Å². The molecular formula is C19H18ClN3O2S. The van der Waals surface area contributed by atoms with Crippen LogP contribution in [-0.2, 0) is 13.0 Å². The molecule has 7 heteroatoms. The van der Waals surface area contributed by atoms with Crippen LogP contribution in [0.1, 0.15) is 26.1 Å². The molecule has 3 rings (SSSR count). The van der Waals surface area contributed by atoms with E-state index < -0.39 is 0 Å². The highest BCUT2D eigenvalue weighted by Gasteiger charge is 2.15. The molecule has 134 valence electrons. The smallest absolute Gasteiger partial charge is 0.263 e. The van der Waals surface area contributed by atoms with E-state index in [1.165, 1.54) is 11.3 Å². The van der Waals surface area contributed by atoms with Crippen LogP contribution in [0.4, 0.5) is 0 Å². The van der Waals surface area contributed by atoms with Crippen molar-refractivity contribution in [3.63, 3.8) is 0 Å². The van der Waals surface area contributed by atoms with Crippen molar-refractivity contribution in [2.24, 2.45) is 0 Å². The number of benzene rings is 1. The van der Waals surface area contributed by atoms with Gasteiger partial charge >= 0.3 is 0 Å². The van der Waals surface area contributed by atoms with Crippen LogP contribution in [0.5, 0.6) is 5.75 Å². The zero-order valence-corrected chi connectivity index (χ0v) is 15.8. The van der Waals surface area contributed by atoms with Crippen LogP contribution in [0.25, 0.3) is 0 Å². The molecule has 26 heavy (non-hydrogen) atoms. The van der Waals surface area contributed by atoms with Gasteiger partial charge in [-0.15, -0.1) is 11.3 Å². The van der Waals surface area contributed by atoms with Gasteiger partial charge in [0.2, 0.25) is 0 Å². The molecule has 0 atom stereocenters. The molecule has 0 saturated heterocycles. The van der Waals surface area contributed by atoms with Crippen LogP contribution in [-0.4, -0.2) is 22.4 Å². The van der Waals surface area contributed by atoms with Gasteiger partial charge in [0.15, 0.2) is 0 Å². The Kier molecular flexibility index (Phi) is 6.20. The average molecular weight is 388 g/mol. The molecule has 0 aliphatic carbocycles. The number of halogens is 1. The molecule has 1 N–H and O–H groups in total. The van der Waals surface area contributed by atoms with Crippen molar-refractivity contribution in [2.75, 3.05) is 6.54 Å². The van der Waals surface area contributed by atoms with E-state index in [1.807, 2.05) is 25.1 Å². The van der Waals surface area contributed by atoms with E-state index in [9.17, 15) is 4.79 Å². The average Bonchev–Trinajstić information content (AvgIpc) is 3.03. The molecular weight excluding hydrogens is 370 g/mol. The first-order chi connectivity index (χ1) is 12.6. The molecule has 0 fully saturated rings. The Hall–Kier alpha value is -2.44. The summed E-state index contributed by atoms with van der Waals surface area (Å²) in [7, 11) is 0. The number of aromatic nitrogens is 2. The van der Waals surface area contributed by atoms with Gasteiger partial charge in [-0.05, 0) is 43.3 Å². The van der Waals surface area contributed by atoms with E-state index in [0.29, 0.717) is 40.9 Å². The monoisotopic (exact) mass is 387 g/mol. The number of pyridine rings is 1. The number of amides is 1. The zero-order valence-electron chi connectivity index (χ0n) is 14.2. The summed E-state index contributed by atoms with van der Waals surface area (Å²) in [6.07, 6.45) is 2.44. The second-order valence-corrected chi connectivity index (χ2v) is 7.11. The third kappa shape index (κ3) is 5.03. The van der Waals surface area contributed by atoms with E-state index in [2.05, 4.69) is 15.3 Å². The molecule has 2 heterocycles. The summed E-state index contributed by atoms with van der Waals surface area (Å²) in [6.45, 7) is 2.67. The Labute approximate surface area is 161 Å². The third-order valence-electron chi connectivity index (χ3n) is 3.62.